The fraction of sp³-hybridized carbons (Fsp3) is 0.571. The van der Waals surface area contributed by atoms with E-state index >= 15 is 0 Å². The minimum atomic E-state index is 0. The Morgan fingerprint density at radius 3 is 2.38 bits per heavy atom. The van der Waals surface area contributed by atoms with Gasteiger partial charge in [0.15, 0.2) is 5.82 Å². The molecule has 3 heterocycles. The number of hydrogen-bond acceptors (Lipinski definition) is 6. The Kier molecular flexibility index (Phi) is 6.80. The number of piperazine rings is 1. The second-order valence-corrected chi connectivity index (χ2v) is 8.08. The van der Waals surface area contributed by atoms with Crippen LogP contribution in [0.3, 0.4) is 0 Å². The van der Waals surface area contributed by atoms with Crippen LogP contribution >= 0.6 is 12.4 Å². The molecule has 1 atom stereocenters. The molecule has 4 rings (SSSR count). The number of carbonyl (C=O) groups excluding carboxylic acids is 1. The first-order chi connectivity index (χ1) is 13.5. The molecule has 158 valence electrons. The lowest BCUT2D eigenvalue weighted by Gasteiger charge is -2.37. The molecule has 2 aliphatic heterocycles. The summed E-state index contributed by atoms with van der Waals surface area (Å²) in [4.78, 5) is 24.0. The minimum Gasteiger partial charge on any atom is -0.371 e. The minimum absolute atomic E-state index is 0. The largest absolute Gasteiger partial charge is 0.371 e. The number of amides is 1. The first kappa shape index (κ1) is 21.6. The third-order valence-electron chi connectivity index (χ3n) is 5.90. The average Bonchev–Trinajstić information content (AvgIpc) is 3.37. The van der Waals surface area contributed by atoms with Crippen molar-refractivity contribution in [3.05, 3.63) is 30.1 Å². The summed E-state index contributed by atoms with van der Waals surface area (Å²) < 4.78 is 5.23. The zero-order valence-corrected chi connectivity index (χ0v) is 18.2. The lowest BCUT2D eigenvalue weighted by molar-refractivity contribution is -0.136. The topological polar surface area (TPSA) is 65.7 Å². The molecule has 0 spiro atoms. The van der Waals surface area contributed by atoms with Crippen molar-refractivity contribution in [1.29, 1.82) is 0 Å². The van der Waals surface area contributed by atoms with Gasteiger partial charge in [0.2, 0.25) is 5.91 Å². The third-order valence-corrected chi connectivity index (χ3v) is 5.90. The predicted octanol–water partition coefficient (Wildman–Crippen LogP) is 2.85. The maximum atomic E-state index is 12.9. The van der Waals surface area contributed by atoms with E-state index in [1.165, 1.54) is 0 Å². The van der Waals surface area contributed by atoms with E-state index in [1.54, 1.807) is 0 Å². The highest BCUT2D eigenvalue weighted by Gasteiger charge is 2.33. The molecule has 2 aliphatic rings. The maximum absolute atomic E-state index is 12.9. The summed E-state index contributed by atoms with van der Waals surface area (Å²) in [5, 5.41) is 3.84. The van der Waals surface area contributed by atoms with Crippen molar-refractivity contribution in [3.8, 4) is 11.5 Å². The number of halogens is 1. The maximum Gasteiger partial charge on any atom is 0.257 e. The molecule has 0 radical (unpaired) electrons. The van der Waals surface area contributed by atoms with Crippen LogP contribution in [0, 0.1) is 12.8 Å². The number of carbonyl (C=O) groups is 1. The molecule has 29 heavy (non-hydrogen) atoms. The van der Waals surface area contributed by atoms with Crippen LogP contribution in [0.5, 0.6) is 0 Å². The van der Waals surface area contributed by atoms with Crippen LogP contribution < -0.4 is 4.90 Å². The van der Waals surface area contributed by atoms with Gasteiger partial charge in [0.25, 0.3) is 5.89 Å². The number of aromatic nitrogens is 2. The summed E-state index contributed by atoms with van der Waals surface area (Å²) >= 11 is 0. The molecular formula is C21H30ClN5O2. The summed E-state index contributed by atoms with van der Waals surface area (Å²) in [6.07, 6.45) is 0.924. The zero-order valence-electron chi connectivity index (χ0n) is 17.4. The van der Waals surface area contributed by atoms with Crippen LogP contribution in [-0.2, 0) is 4.79 Å². The SMILES string of the molecule is Cc1noc(-c2ccc(N3CC[C@H](C(=O)N4CCN(C(C)C)CC4)C3)cc2)n1.Cl. The van der Waals surface area contributed by atoms with Gasteiger partial charge in [0.1, 0.15) is 0 Å². The standard InChI is InChI=1S/C21H29N5O2.ClH/c1-15(2)24-10-12-25(13-11-24)21(27)18-8-9-26(14-18)19-6-4-17(5-7-19)20-22-16(3)23-28-20;/h4-7,15,18H,8-14H2,1-3H3;1H/t18-;/m0./s1. The Labute approximate surface area is 178 Å². The first-order valence-corrected chi connectivity index (χ1v) is 10.2. The Morgan fingerprint density at radius 2 is 1.79 bits per heavy atom. The van der Waals surface area contributed by atoms with Crippen molar-refractivity contribution >= 4 is 24.0 Å². The van der Waals surface area contributed by atoms with Crippen molar-refractivity contribution in [3.63, 3.8) is 0 Å². The van der Waals surface area contributed by atoms with Crippen LogP contribution in [0.25, 0.3) is 11.5 Å². The van der Waals surface area contributed by atoms with E-state index in [9.17, 15) is 4.79 Å². The van der Waals surface area contributed by atoms with E-state index in [4.69, 9.17) is 4.52 Å². The highest BCUT2D eigenvalue weighted by molar-refractivity contribution is 5.85. The van der Waals surface area contributed by atoms with Gasteiger partial charge < -0.3 is 14.3 Å². The van der Waals surface area contributed by atoms with Gasteiger partial charge in [0, 0.05) is 56.6 Å². The highest BCUT2D eigenvalue weighted by Crippen LogP contribution is 2.28. The molecule has 2 fully saturated rings. The number of benzene rings is 1. The zero-order chi connectivity index (χ0) is 19.7. The van der Waals surface area contributed by atoms with Gasteiger partial charge in [-0.25, -0.2) is 0 Å². The highest BCUT2D eigenvalue weighted by atomic mass is 35.5. The summed E-state index contributed by atoms with van der Waals surface area (Å²) in [6.45, 7) is 11.6. The molecule has 0 saturated carbocycles. The number of aryl methyl sites for hydroxylation is 1. The number of nitrogens with zero attached hydrogens (tertiary/aromatic N) is 5. The van der Waals surface area contributed by atoms with E-state index in [-0.39, 0.29) is 18.3 Å². The molecule has 0 aliphatic carbocycles. The Hall–Kier alpha value is -2.12. The van der Waals surface area contributed by atoms with Crippen LogP contribution in [0.1, 0.15) is 26.1 Å². The Bertz CT molecular complexity index is 815. The van der Waals surface area contributed by atoms with Gasteiger partial charge in [-0.2, -0.15) is 4.98 Å². The fourth-order valence-corrected chi connectivity index (χ4v) is 4.14. The van der Waals surface area contributed by atoms with Gasteiger partial charge in [-0.15, -0.1) is 12.4 Å². The fourth-order valence-electron chi connectivity index (χ4n) is 4.14. The molecule has 0 N–H and O–H groups in total. The molecule has 7 nitrogen and oxygen atoms in total. The number of rotatable bonds is 4. The second kappa shape index (κ2) is 9.13. The number of anilines is 1. The van der Waals surface area contributed by atoms with Crippen LogP contribution in [0.15, 0.2) is 28.8 Å². The van der Waals surface area contributed by atoms with Crippen LogP contribution in [0.2, 0.25) is 0 Å². The molecular weight excluding hydrogens is 390 g/mol. The van der Waals surface area contributed by atoms with Crippen molar-refractivity contribution in [2.75, 3.05) is 44.2 Å². The van der Waals surface area contributed by atoms with E-state index in [1.807, 2.05) is 19.1 Å². The molecule has 0 bridgehead atoms. The molecule has 0 unspecified atom stereocenters. The number of hydrogen-bond donors (Lipinski definition) is 0. The molecule has 1 aromatic heterocycles. The van der Waals surface area contributed by atoms with Crippen LogP contribution in [-0.4, -0.2) is 71.2 Å². The van der Waals surface area contributed by atoms with Crippen molar-refractivity contribution in [1.82, 2.24) is 19.9 Å². The quantitative estimate of drug-likeness (QED) is 0.759. The molecule has 2 aromatic rings. The molecule has 1 amide bonds. The normalized spacial score (nSPS) is 20.2. The molecule has 2 saturated heterocycles. The van der Waals surface area contributed by atoms with Crippen molar-refractivity contribution < 1.29 is 9.32 Å². The Balaban J connectivity index is 0.00000240. The second-order valence-electron chi connectivity index (χ2n) is 8.08. The molecule has 1 aromatic carbocycles. The lowest BCUT2D eigenvalue weighted by atomic mass is 10.1. The third kappa shape index (κ3) is 4.73. The van der Waals surface area contributed by atoms with Gasteiger partial charge in [-0.3, -0.25) is 9.69 Å². The summed E-state index contributed by atoms with van der Waals surface area (Å²) in [6, 6.07) is 8.70. The first-order valence-electron chi connectivity index (χ1n) is 10.2. The average molecular weight is 420 g/mol. The van der Waals surface area contributed by atoms with Gasteiger partial charge in [-0.1, -0.05) is 5.16 Å². The van der Waals surface area contributed by atoms with E-state index in [0.29, 0.717) is 23.7 Å². The van der Waals surface area contributed by atoms with Crippen LogP contribution in [0.4, 0.5) is 5.69 Å². The smallest absolute Gasteiger partial charge is 0.257 e. The van der Waals surface area contributed by atoms with E-state index in [2.05, 4.69) is 50.8 Å². The monoisotopic (exact) mass is 419 g/mol. The summed E-state index contributed by atoms with van der Waals surface area (Å²) in [5.74, 6) is 1.60. The van der Waals surface area contributed by atoms with Gasteiger partial charge in [0.05, 0.1) is 5.92 Å². The predicted molar refractivity (Wildman–Crippen MR) is 115 cm³/mol. The van der Waals surface area contributed by atoms with Gasteiger partial charge >= 0.3 is 0 Å². The lowest BCUT2D eigenvalue weighted by Crippen LogP contribution is -2.52. The van der Waals surface area contributed by atoms with E-state index < -0.39 is 0 Å². The summed E-state index contributed by atoms with van der Waals surface area (Å²) in [5.41, 5.74) is 2.05. The summed E-state index contributed by atoms with van der Waals surface area (Å²) in [7, 11) is 0. The van der Waals surface area contributed by atoms with E-state index in [0.717, 1.165) is 56.9 Å². The Morgan fingerprint density at radius 1 is 1.10 bits per heavy atom. The molecule has 8 heteroatoms. The van der Waals surface area contributed by atoms with Crippen molar-refractivity contribution in [2.45, 2.75) is 33.2 Å². The van der Waals surface area contributed by atoms with Gasteiger partial charge in [-0.05, 0) is 51.5 Å². The van der Waals surface area contributed by atoms with Crippen molar-refractivity contribution in [2.24, 2.45) is 5.92 Å².